The molecule has 1 fully saturated rings. The molecule has 1 saturated carbocycles. The van der Waals surface area contributed by atoms with Crippen LogP contribution in [-0.4, -0.2) is 34.4 Å². The Bertz CT molecular complexity index is 578. The molecule has 0 heterocycles. The summed E-state index contributed by atoms with van der Waals surface area (Å²) in [6.07, 6.45) is 4.90. The van der Waals surface area contributed by atoms with E-state index >= 15 is 0 Å². The van der Waals surface area contributed by atoms with Crippen LogP contribution >= 0.6 is 0 Å². The molecule has 0 aliphatic heterocycles. The van der Waals surface area contributed by atoms with Crippen LogP contribution < -0.4 is 0 Å². The van der Waals surface area contributed by atoms with Gasteiger partial charge in [-0.25, -0.2) is 0 Å². The van der Waals surface area contributed by atoms with Crippen LogP contribution in [0.3, 0.4) is 0 Å². The molecule has 0 spiro atoms. The van der Waals surface area contributed by atoms with Crippen molar-refractivity contribution < 1.29 is 13.6 Å². The number of hydrogen-bond donors (Lipinski definition) is 0. The van der Waals surface area contributed by atoms with E-state index in [1.54, 1.807) is 0 Å². The Morgan fingerprint density at radius 2 is 1.56 bits per heavy atom. The third kappa shape index (κ3) is 5.49. The second kappa shape index (κ2) is 7.00. The quantitative estimate of drug-likeness (QED) is 0.469. The SMILES string of the molecule is CC(C)(C)O[C@H]1C[C@H]2C(O[Si](C)(C)C)=C[C@]1(C)C[C@@H]2O[Si](C)(C)C(C)(C)C. The minimum Gasteiger partial charge on any atom is -0.547 e. The van der Waals surface area contributed by atoms with Crippen LogP contribution in [0.5, 0.6) is 0 Å². The Labute approximate surface area is 170 Å². The standard InChI is InChI=1S/C22H44O3Si2/c1-20(2,3)23-19-13-16-17(24-26(8,9)10)14-22(19,7)15-18(16)25-27(11,12)21(4,5)6/h14,16,18-19H,13,15H2,1-12H3/t16-,18-,19-,22+/m0/s1. The second-order valence-corrected chi connectivity index (χ2v) is 21.6. The molecule has 27 heavy (non-hydrogen) atoms. The van der Waals surface area contributed by atoms with Gasteiger partial charge in [-0.2, -0.15) is 0 Å². The van der Waals surface area contributed by atoms with Gasteiger partial charge in [0.2, 0.25) is 8.32 Å². The first-order valence-corrected chi connectivity index (χ1v) is 16.9. The molecule has 0 radical (unpaired) electrons. The van der Waals surface area contributed by atoms with E-state index in [9.17, 15) is 0 Å². The predicted molar refractivity (Wildman–Crippen MR) is 120 cm³/mol. The van der Waals surface area contributed by atoms with E-state index in [-0.39, 0.29) is 28.3 Å². The van der Waals surface area contributed by atoms with Gasteiger partial charge in [-0.15, -0.1) is 0 Å². The van der Waals surface area contributed by atoms with E-state index < -0.39 is 16.6 Å². The van der Waals surface area contributed by atoms with Crippen LogP contribution in [0.4, 0.5) is 0 Å². The number of hydrogen-bond acceptors (Lipinski definition) is 3. The highest BCUT2D eigenvalue weighted by Gasteiger charge is 2.54. The van der Waals surface area contributed by atoms with Gasteiger partial charge in [0, 0.05) is 11.3 Å². The second-order valence-electron chi connectivity index (χ2n) is 12.4. The fourth-order valence-corrected chi connectivity index (χ4v) is 6.26. The summed E-state index contributed by atoms with van der Waals surface area (Å²) in [7, 11) is -3.49. The molecule has 0 saturated heterocycles. The fourth-order valence-electron chi connectivity index (χ4n) is 3.99. The molecule has 0 unspecified atom stereocenters. The van der Waals surface area contributed by atoms with Gasteiger partial charge in [0.1, 0.15) is 0 Å². The minimum atomic E-state index is -1.83. The van der Waals surface area contributed by atoms with E-state index in [1.807, 2.05) is 0 Å². The van der Waals surface area contributed by atoms with E-state index in [1.165, 1.54) is 5.76 Å². The highest BCUT2D eigenvalue weighted by molar-refractivity contribution is 6.74. The smallest absolute Gasteiger partial charge is 0.241 e. The lowest BCUT2D eigenvalue weighted by Gasteiger charge is -2.55. The van der Waals surface area contributed by atoms with Crippen molar-refractivity contribution >= 4 is 16.6 Å². The van der Waals surface area contributed by atoms with Gasteiger partial charge in [-0.05, 0) is 77.5 Å². The molecule has 3 nitrogen and oxygen atoms in total. The first-order chi connectivity index (χ1) is 11.8. The number of fused-ring (bicyclic) bond motifs is 2. The molecule has 3 aliphatic carbocycles. The Morgan fingerprint density at radius 1 is 1.00 bits per heavy atom. The predicted octanol–water partition coefficient (Wildman–Crippen LogP) is 6.73. The lowest BCUT2D eigenvalue weighted by molar-refractivity contribution is -0.152. The molecule has 3 aliphatic rings. The van der Waals surface area contributed by atoms with Crippen molar-refractivity contribution in [2.45, 2.75) is 117 Å². The molecule has 3 rings (SSSR count). The summed E-state index contributed by atoms with van der Waals surface area (Å²) >= 11 is 0. The summed E-state index contributed by atoms with van der Waals surface area (Å²) in [4.78, 5) is 0. The van der Waals surface area contributed by atoms with Gasteiger partial charge in [0.05, 0.1) is 23.6 Å². The lowest BCUT2D eigenvalue weighted by atomic mass is 9.62. The minimum absolute atomic E-state index is 0.0238. The monoisotopic (exact) mass is 412 g/mol. The van der Waals surface area contributed by atoms with Crippen molar-refractivity contribution in [3.8, 4) is 0 Å². The molecule has 0 N–H and O–H groups in total. The van der Waals surface area contributed by atoms with Gasteiger partial charge in [-0.1, -0.05) is 27.7 Å². The molecule has 4 atom stereocenters. The van der Waals surface area contributed by atoms with Crippen LogP contribution in [0.15, 0.2) is 11.8 Å². The van der Waals surface area contributed by atoms with Crippen molar-refractivity contribution in [2.75, 3.05) is 0 Å². The van der Waals surface area contributed by atoms with Crippen LogP contribution in [0, 0.1) is 11.3 Å². The molecule has 2 bridgehead atoms. The molecule has 0 aromatic rings. The summed E-state index contributed by atoms with van der Waals surface area (Å²) in [5.41, 5.74) is -0.154. The molecule has 5 heteroatoms. The molecule has 0 aromatic carbocycles. The Kier molecular flexibility index (Phi) is 6.00. The molecular weight excluding hydrogens is 368 g/mol. The van der Waals surface area contributed by atoms with Crippen molar-refractivity contribution in [1.29, 1.82) is 0 Å². The summed E-state index contributed by atoms with van der Waals surface area (Å²) < 4.78 is 20.0. The van der Waals surface area contributed by atoms with E-state index in [0.29, 0.717) is 5.92 Å². The van der Waals surface area contributed by atoms with E-state index in [4.69, 9.17) is 13.6 Å². The largest absolute Gasteiger partial charge is 0.547 e. The zero-order chi connectivity index (χ0) is 21.1. The maximum Gasteiger partial charge on any atom is 0.241 e. The Hall–Kier alpha value is -0.106. The van der Waals surface area contributed by atoms with Crippen molar-refractivity contribution in [1.82, 2.24) is 0 Å². The number of rotatable bonds is 5. The normalized spacial score (nSPS) is 32.4. The van der Waals surface area contributed by atoms with Crippen molar-refractivity contribution in [3.63, 3.8) is 0 Å². The van der Waals surface area contributed by atoms with E-state index in [2.05, 4.69) is 87.3 Å². The zero-order valence-electron chi connectivity index (χ0n) is 19.9. The van der Waals surface area contributed by atoms with Crippen molar-refractivity contribution in [3.05, 3.63) is 11.8 Å². The first-order valence-electron chi connectivity index (χ1n) is 10.6. The van der Waals surface area contributed by atoms with Crippen LogP contribution in [0.1, 0.15) is 61.3 Å². The maximum atomic E-state index is 6.94. The van der Waals surface area contributed by atoms with Crippen LogP contribution in [-0.2, 0) is 13.6 Å². The fraction of sp³-hybridized carbons (Fsp3) is 0.909. The van der Waals surface area contributed by atoms with Gasteiger partial charge < -0.3 is 13.6 Å². The van der Waals surface area contributed by atoms with Gasteiger partial charge in [-0.3, -0.25) is 0 Å². The third-order valence-electron chi connectivity index (χ3n) is 6.30. The Balaban J connectivity index is 2.34. The molecule has 0 amide bonds. The number of ether oxygens (including phenoxy) is 1. The Morgan fingerprint density at radius 3 is 1.96 bits per heavy atom. The van der Waals surface area contributed by atoms with Crippen molar-refractivity contribution in [2.24, 2.45) is 11.3 Å². The average Bonchev–Trinajstić information content (AvgIpc) is 2.34. The summed E-state index contributed by atoms with van der Waals surface area (Å²) in [5, 5.41) is 0.218. The highest BCUT2D eigenvalue weighted by atomic mass is 28.4. The zero-order valence-corrected chi connectivity index (χ0v) is 21.9. The average molecular weight is 413 g/mol. The summed E-state index contributed by atoms with van der Waals surface area (Å²) in [6, 6.07) is 0. The highest BCUT2D eigenvalue weighted by Crippen LogP contribution is 2.54. The lowest BCUT2D eigenvalue weighted by Crippen LogP contribution is -2.57. The topological polar surface area (TPSA) is 27.7 Å². The maximum absolute atomic E-state index is 6.94. The van der Waals surface area contributed by atoms with Crippen LogP contribution in [0.25, 0.3) is 0 Å². The molecule has 158 valence electrons. The summed E-state index contributed by atoms with van der Waals surface area (Å²) in [6.45, 7) is 27.3. The summed E-state index contributed by atoms with van der Waals surface area (Å²) in [5.74, 6) is 1.50. The third-order valence-corrected chi connectivity index (χ3v) is 11.7. The van der Waals surface area contributed by atoms with Gasteiger partial charge in [0.25, 0.3) is 0 Å². The van der Waals surface area contributed by atoms with Gasteiger partial charge in [0.15, 0.2) is 8.32 Å². The van der Waals surface area contributed by atoms with E-state index in [0.717, 1.165) is 12.8 Å². The first kappa shape index (κ1) is 23.2. The van der Waals surface area contributed by atoms with Crippen LogP contribution in [0.2, 0.25) is 37.8 Å². The van der Waals surface area contributed by atoms with Gasteiger partial charge >= 0.3 is 0 Å². The molecule has 0 aromatic heterocycles. The molecular formula is C22H44O3Si2.